The van der Waals surface area contributed by atoms with E-state index in [1.165, 1.54) is 26.9 Å². The number of aromatic hydroxyl groups is 1. The SMILES string of the molecule is CSc1cc2ccc3cccc4ccc(c1O)c2c34. The summed E-state index contributed by atoms with van der Waals surface area (Å²) in [6.45, 7) is 0. The molecule has 19 heavy (non-hydrogen) atoms. The Labute approximate surface area is 115 Å². The molecule has 0 aliphatic carbocycles. The summed E-state index contributed by atoms with van der Waals surface area (Å²) < 4.78 is 0. The van der Waals surface area contributed by atoms with Crippen LogP contribution in [0.15, 0.2) is 53.4 Å². The van der Waals surface area contributed by atoms with Gasteiger partial charge in [-0.05, 0) is 39.9 Å². The van der Waals surface area contributed by atoms with Crippen molar-refractivity contribution in [3.8, 4) is 5.75 Å². The summed E-state index contributed by atoms with van der Waals surface area (Å²) in [5, 5.41) is 17.4. The van der Waals surface area contributed by atoms with Crippen LogP contribution in [-0.4, -0.2) is 11.4 Å². The maximum Gasteiger partial charge on any atom is 0.137 e. The molecule has 4 aromatic rings. The van der Waals surface area contributed by atoms with Crippen LogP contribution < -0.4 is 0 Å². The second-order valence-corrected chi connectivity index (χ2v) is 5.63. The van der Waals surface area contributed by atoms with E-state index in [2.05, 4.69) is 42.5 Å². The fourth-order valence-electron chi connectivity index (χ4n) is 2.92. The molecule has 1 nitrogen and oxygen atoms in total. The minimum absolute atomic E-state index is 0.401. The lowest BCUT2D eigenvalue weighted by Crippen LogP contribution is -1.85. The Morgan fingerprint density at radius 3 is 2.26 bits per heavy atom. The molecule has 4 rings (SSSR count). The van der Waals surface area contributed by atoms with Crippen LogP contribution >= 0.6 is 11.8 Å². The van der Waals surface area contributed by atoms with E-state index in [1.54, 1.807) is 11.8 Å². The first kappa shape index (κ1) is 10.9. The smallest absolute Gasteiger partial charge is 0.137 e. The quantitative estimate of drug-likeness (QED) is 0.385. The van der Waals surface area contributed by atoms with Crippen molar-refractivity contribution in [1.29, 1.82) is 0 Å². The molecular weight excluding hydrogens is 252 g/mol. The van der Waals surface area contributed by atoms with Crippen LogP contribution in [0.4, 0.5) is 0 Å². The predicted octanol–water partition coefficient (Wildman–Crippen LogP) is 5.01. The summed E-state index contributed by atoms with van der Waals surface area (Å²) in [5.74, 6) is 0.401. The molecule has 0 bridgehead atoms. The lowest BCUT2D eigenvalue weighted by atomic mass is 9.94. The maximum atomic E-state index is 10.4. The monoisotopic (exact) mass is 264 g/mol. The third-order valence-corrected chi connectivity index (χ3v) is 4.55. The van der Waals surface area contributed by atoms with Gasteiger partial charge < -0.3 is 5.11 Å². The van der Waals surface area contributed by atoms with Gasteiger partial charge in [-0.25, -0.2) is 0 Å². The highest BCUT2D eigenvalue weighted by Gasteiger charge is 2.13. The Bertz CT molecular complexity index is 895. The van der Waals surface area contributed by atoms with Crippen molar-refractivity contribution in [3.05, 3.63) is 48.5 Å². The van der Waals surface area contributed by atoms with Gasteiger partial charge >= 0.3 is 0 Å². The van der Waals surface area contributed by atoms with Gasteiger partial charge in [0.1, 0.15) is 5.75 Å². The van der Waals surface area contributed by atoms with Gasteiger partial charge in [-0.2, -0.15) is 0 Å². The zero-order valence-electron chi connectivity index (χ0n) is 10.5. The van der Waals surface area contributed by atoms with E-state index in [9.17, 15) is 5.11 Å². The molecule has 0 aromatic heterocycles. The summed E-state index contributed by atoms with van der Waals surface area (Å²) >= 11 is 1.58. The lowest BCUT2D eigenvalue weighted by molar-refractivity contribution is 0.469. The average Bonchev–Trinajstić information content (AvgIpc) is 2.46. The van der Waals surface area contributed by atoms with Gasteiger partial charge in [0.15, 0.2) is 0 Å². The second kappa shape index (κ2) is 3.78. The summed E-state index contributed by atoms with van der Waals surface area (Å²) in [6.07, 6.45) is 1.99. The van der Waals surface area contributed by atoms with Crippen LogP contribution in [0.5, 0.6) is 5.75 Å². The number of thioether (sulfide) groups is 1. The highest BCUT2D eigenvalue weighted by Crippen LogP contribution is 2.42. The largest absolute Gasteiger partial charge is 0.506 e. The molecule has 0 amide bonds. The first-order chi connectivity index (χ1) is 9.29. The number of hydrogen-bond donors (Lipinski definition) is 1. The summed E-state index contributed by atoms with van der Waals surface area (Å²) in [7, 11) is 0. The first-order valence-electron chi connectivity index (χ1n) is 6.23. The molecule has 0 aliphatic heterocycles. The molecule has 0 radical (unpaired) electrons. The Balaban J connectivity index is 2.37. The van der Waals surface area contributed by atoms with Crippen molar-refractivity contribution < 1.29 is 5.11 Å². The molecule has 0 aliphatic rings. The normalized spacial score (nSPS) is 11.8. The Hall–Kier alpha value is -1.93. The maximum absolute atomic E-state index is 10.4. The Kier molecular flexibility index (Phi) is 2.18. The standard InChI is InChI=1S/C17H12OS/c1-19-14-9-12-6-5-10-3-2-4-11-7-8-13(17(14)18)16(12)15(10)11/h2-9,18H,1H3. The number of phenols is 1. The molecule has 4 aromatic carbocycles. The van der Waals surface area contributed by atoms with Gasteiger partial charge in [0.2, 0.25) is 0 Å². The third-order valence-electron chi connectivity index (χ3n) is 3.80. The number of phenolic OH excluding ortho intramolecular Hbond substituents is 1. The molecule has 0 atom stereocenters. The topological polar surface area (TPSA) is 20.2 Å². The molecule has 92 valence electrons. The van der Waals surface area contributed by atoms with Gasteiger partial charge in [0.25, 0.3) is 0 Å². The van der Waals surface area contributed by atoms with Gasteiger partial charge in [0, 0.05) is 10.8 Å². The summed E-state index contributed by atoms with van der Waals surface area (Å²) in [4.78, 5) is 0.936. The summed E-state index contributed by atoms with van der Waals surface area (Å²) in [6, 6.07) is 16.8. The van der Waals surface area contributed by atoms with E-state index in [0.717, 1.165) is 10.3 Å². The van der Waals surface area contributed by atoms with E-state index >= 15 is 0 Å². The van der Waals surface area contributed by atoms with Gasteiger partial charge in [-0.3, -0.25) is 0 Å². The number of benzene rings is 4. The van der Waals surface area contributed by atoms with Crippen LogP contribution in [0.2, 0.25) is 0 Å². The Morgan fingerprint density at radius 1 is 0.842 bits per heavy atom. The molecule has 0 heterocycles. The van der Waals surface area contributed by atoms with Gasteiger partial charge in [-0.1, -0.05) is 36.4 Å². The third kappa shape index (κ3) is 1.38. The van der Waals surface area contributed by atoms with Crippen molar-refractivity contribution in [2.45, 2.75) is 4.90 Å². The predicted molar refractivity (Wildman–Crippen MR) is 83.6 cm³/mol. The van der Waals surface area contributed by atoms with E-state index in [4.69, 9.17) is 0 Å². The fourth-order valence-corrected chi connectivity index (χ4v) is 3.47. The van der Waals surface area contributed by atoms with Crippen molar-refractivity contribution in [2.24, 2.45) is 0 Å². The van der Waals surface area contributed by atoms with E-state index in [0.29, 0.717) is 5.75 Å². The molecule has 0 unspecified atom stereocenters. The van der Waals surface area contributed by atoms with Crippen LogP contribution in [0.25, 0.3) is 32.3 Å². The molecule has 2 heteroatoms. The van der Waals surface area contributed by atoms with Crippen LogP contribution in [0.3, 0.4) is 0 Å². The number of hydrogen-bond acceptors (Lipinski definition) is 2. The molecule has 0 fully saturated rings. The minimum atomic E-state index is 0.401. The van der Waals surface area contributed by atoms with E-state index in [1.807, 2.05) is 12.3 Å². The Morgan fingerprint density at radius 2 is 1.53 bits per heavy atom. The van der Waals surface area contributed by atoms with E-state index in [-0.39, 0.29) is 0 Å². The lowest BCUT2D eigenvalue weighted by Gasteiger charge is -2.13. The second-order valence-electron chi connectivity index (χ2n) is 4.78. The van der Waals surface area contributed by atoms with Gasteiger partial charge in [-0.15, -0.1) is 11.8 Å². The zero-order valence-corrected chi connectivity index (χ0v) is 11.3. The molecule has 1 N–H and O–H groups in total. The van der Waals surface area contributed by atoms with Crippen LogP contribution in [-0.2, 0) is 0 Å². The average molecular weight is 264 g/mol. The first-order valence-corrected chi connectivity index (χ1v) is 7.45. The minimum Gasteiger partial charge on any atom is -0.506 e. The highest BCUT2D eigenvalue weighted by molar-refractivity contribution is 7.98. The highest BCUT2D eigenvalue weighted by atomic mass is 32.2. The molecule has 0 saturated heterocycles. The summed E-state index contributed by atoms with van der Waals surface area (Å²) in [5.41, 5.74) is 0. The fraction of sp³-hybridized carbons (Fsp3) is 0.0588. The van der Waals surface area contributed by atoms with Gasteiger partial charge in [0.05, 0.1) is 4.90 Å². The zero-order chi connectivity index (χ0) is 13.0. The van der Waals surface area contributed by atoms with Crippen molar-refractivity contribution in [2.75, 3.05) is 6.26 Å². The van der Waals surface area contributed by atoms with Crippen molar-refractivity contribution in [3.63, 3.8) is 0 Å². The van der Waals surface area contributed by atoms with E-state index < -0.39 is 0 Å². The number of rotatable bonds is 1. The van der Waals surface area contributed by atoms with Crippen molar-refractivity contribution in [1.82, 2.24) is 0 Å². The van der Waals surface area contributed by atoms with Crippen LogP contribution in [0, 0.1) is 0 Å². The van der Waals surface area contributed by atoms with Crippen molar-refractivity contribution >= 4 is 44.1 Å². The molecule has 0 spiro atoms. The van der Waals surface area contributed by atoms with Crippen LogP contribution in [0.1, 0.15) is 0 Å². The molecule has 0 saturated carbocycles. The molecular formula is C17H12OS.